The summed E-state index contributed by atoms with van der Waals surface area (Å²) < 4.78 is 7.02. The van der Waals surface area contributed by atoms with E-state index < -0.39 is 12.0 Å². The molecule has 170 valence electrons. The quantitative estimate of drug-likeness (QED) is 0.551. The first-order chi connectivity index (χ1) is 15.9. The van der Waals surface area contributed by atoms with Crippen LogP contribution >= 0.6 is 11.6 Å². The number of esters is 1. The van der Waals surface area contributed by atoms with Gasteiger partial charge in [-0.3, -0.25) is 4.79 Å². The molecule has 1 N–H and O–H groups in total. The Kier molecular flexibility index (Phi) is 6.46. The van der Waals surface area contributed by atoms with Gasteiger partial charge in [0.15, 0.2) is 0 Å². The molecule has 0 saturated carbocycles. The minimum absolute atomic E-state index is 0.0686. The number of nitrogens with zero attached hydrogens (tertiary/aromatic N) is 4. The number of aromatic nitrogens is 3. The van der Waals surface area contributed by atoms with Crippen LogP contribution in [0.3, 0.4) is 0 Å². The van der Waals surface area contributed by atoms with Crippen LogP contribution in [0.25, 0.3) is 0 Å². The summed E-state index contributed by atoms with van der Waals surface area (Å²) in [7, 11) is 0. The number of amides is 1. The van der Waals surface area contributed by atoms with E-state index in [9.17, 15) is 9.59 Å². The summed E-state index contributed by atoms with van der Waals surface area (Å²) in [5, 5.41) is 7.84. The monoisotopic (exact) mass is 465 g/mol. The van der Waals surface area contributed by atoms with Crippen LogP contribution in [-0.2, 0) is 14.3 Å². The summed E-state index contributed by atoms with van der Waals surface area (Å²) in [4.78, 5) is 32.1. The second kappa shape index (κ2) is 9.46. The van der Waals surface area contributed by atoms with E-state index in [-0.39, 0.29) is 19.1 Å². The average molecular weight is 466 g/mol. The Morgan fingerprint density at radius 2 is 1.88 bits per heavy atom. The van der Waals surface area contributed by atoms with E-state index in [0.717, 1.165) is 11.1 Å². The fraction of sp³-hybridized carbons (Fsp3) is 0.250. The van der Waals surface area contributed by atoms with E-state index in [2.05, 4.69) is 15.4 Å². The minimum Gasteiger partial charge on any atom is -0.463 e. The van der Waals surface area contributed by atoms with Crippen molar-refractivity contribution < 1.29 is 14.3 Å². The number of hydrogen-bond donors (Lipinski definition) is 1. The van der Waals surface area contributed by atoms with E-state index >= 15 is 0 Å². The molecule has 0 spiro atoms. The van der Waals surface area contributed by atoms with Gasteiger partial charge < -0.3 is 15.0 Å². The van der Waals surface area contributed by atoms with E-state index in [1.54, 1.807) is 41.6 Å². The van der Waals surface area contributed by atoms with Gasteiger partial charge in [0.2, 0.25) is 11.9 Å². The highest BCUT2D eigenvalue weighted by molar-refractivity contribution is 6.31. The standard InChI is InChI=1S/C24H24ClN5O3/c1-4-33-23(32)21-16(3)29(13-20(31)28-19-12-8-11-18(25)15(19)2)24-26-14-27-30(24)22(21)17-9-6-5-7-10-17/h5-12,14,22H,4,13H2,1-3H3,(H,28,31)/t22-/m1/s1. The number of allylic oxidation sites excluding steroid dienone is 1. The number of rotatable bonds is 6. The molecule has 1 aromatic heterocycles. The molecule has 9 heteroatoms. The second-order valence-corrected chi connectivity index (χ2v) is 7.99. The molecular weight excluding hydrogens is 442 g/mol. The van der Waals surface area contributed by atoms with Crippen molar-refractivity contribution in [3.05, 3.63) is 82.3 Å². The number of hydrogen-bond acceptors (Lipinski definition) is 6. The van der Waals surface area contributed by atoms with E-state index in [0.29, 0.717) is 27.9 Å². The first-order valence-corrected chi connectivity index (χ1v) is 10.9. The topological polar surface area (TPSA) is 89.3 Å². The molecule has 0 saturated heterocycles. The Bertz CT molecular complexity index is 1220. The zero-order valence-corrected chi connectivity index (χ0v) is 19.3. The van der Waals surface area contributed by atoms with Crippen molar-refractivity contribution in [2.24, 2.45) is 0 Å². The van der Waals surface area contributed by atoms with Gasteiger partial charge in [0.25, 0.3) is 0 Å². The maximum absolute atomic E-state index is 13.0. The molecule has 1 aliphatic rings. The normalized spacial score (nSPS) is 15.3. The van der Waals surface area contributed by atoms with Crippen LogP contribution in [0, 0.1) is 6.92 Å². The lowest BCUT2D eigenvalue weighted by molar-refractivity contribution is -0.139. The molecule has 8 nitrogen and oxygen atoms in total. The van der Waals surface area contributed by atoms with Crippen LogP contribution in [-0.4, -0.2) is 39.8 Å². The molecule has 0 radical (unpaired) electrons. The highest BCUT2D eigenvalue weighted by Crippen LogP contribution is 2.38. The molecule has 2 heterocycles. The molecule has 1 aliphatic heterocycles. The van der Waals surface area contributed by atoms with Crippen molar-refractivity contribution in [3.8, 4) is 0 Å². The zero-order valence-electron chi connectivity index (χ0n) is 18.6. The van der Waals surface area contributed by atoms with Gasteiger partial charge in [-0.15, -0.1) is 0 Å². The van der Waals surface area contributed by atoms with Crippen LogP contribution in [0.5, 0.6) is 0 Å². The molecule has 33 heavy (non-hydrogen) atoms. The van der Waals surface area contributed by atoms with Gasteiger partial charge >= 0.3 is 5.97 Å². The average Bonchev–Trinajstić information content (AvgIpc) is 3.28. The Hall–Kier alpha value is -3.65. The lowest BCUT2D eigenvalue weighted by Crippen LogP contribution is -2.41. The smallest absolute Gasteiger partial charge is 0.338 e. The van der Waals surface area contributed by atoms with Gasteiger partial charge in [-0.1, -0.05) is 48.0 Å². The molecule has 0 bridgehead atoms. The lowest BCUT2D eigenvalue weighted by atomic mass is 9.95. The summed E-state index contributed by atoms with van der Waals surface area (Å²) in [6.07, 6.45) is 1.42. The predicted octanol–water partition coefficient (Wildman–Crippen LogP) is 4.13. The Morgan fingerprint density at radius 3 is 2.61 bits per heavy atom. The second-order valence-electron chi connectivity index (χ2n) is 7.58. The van der Waals surface area contributed by atoms with Crippen molar-refractivity contribution in [1.82, 2.24) is 14.8 Å². The van der Waals surface area contributed by atoms with Gasteiger partial charge in [-0.05, 0) is 44.0 Å². The molecule has 0 fully saturated rings. The first kappa shape index (κ1) is 22.5. The minimum atomic E-state index is -0.516. The number of fused-ring (bicyclic) bond motifs is 1. The predicted molar refractivity (Wildman–Crippen MR) is 126 cm³/mol. The van der Waals surface area contributed by atoms with Crippen molar-refractivity contribution in [3.63, 3.8) is 0 Å². The fourth-order valence-electron chi connectivity index (χ4n) is 3.91. The Morgan fingerprint density at radius 1 is 1.12 bits per heavy atom. The van der Waals surface area contributed by atoms with E-state index in [1.807, 2.05) is 37.3 Å². The van der Waals surface area contributed by atoms with Crippen LogP contribution in [0.15, 0.2) is 66.1 Å². The molecule has 2 aromatic carbocycles. The summed E-state index contributed by atoms with van der Waals surface area (Å²) in [6, 6.07) is 14.4. The fourth-order valence-corrected chi connectivity index (χ4v) is 4.09. The number of carbonyl (C=O) groups is 2. The zero-order chi connectivity index (χ0) is 23.5. The first-order valence-electron chi connectivity index (χ1n) is 10.6. The third-order valence-electron chi connectivity index (χ3n) is 5.56. The van der Waals surface area contributed by atoms with Crippen molar-refractivity contribution in [1.29, 1.82) is 0 Å². The number of anilines is 2. The van der Waals surface area contributed by atoms with Crippen LogP contribution in [0.1, 0.15) is 31.0 Å². The third kappa shape index (κ3) is 4.34. The third-order valence-corrected chi connectivity index (χ3v) is 5.97. The molecule has 1 amide bonds. The SMILES string of the molecule is CCOC(=O)C1=C(C)N(CC(=O)Nc2cccc(Cl)c2C)c2ncnn2[C@@H]1c1ccccc1. The van der Waals surface area contributed by atoms with Gasteiger partial charge in [0.05, 0.1) is 12.2 Å². The maximum Gasteiger partial charge on any atom is 0.338 e. The lowest BCUT2D eigenvalue weighted by Gasteiger charge is -2.35. The summed E-state index contributed by atoms with van der Waals surface area (Å²) in [6.45, 7) is 5.55. The highest BCUT2D eigenvalue weighted by Gasteiger charge is 2.38. The van der Waals surface area contributed by atoms with E-state index in [4.69, 9.17) is 16.3 Å². The molecule has 3 aromatic rings. The molecule has 0 aliphatic carbocycles. The summed E-state index contributed by atoms with van der Waals surface area (Å²) >= 11 is 6.18. The maximum atomic E-state index is 13.0. The van der Waals surface area contributed by atoms with Crippen LogP contribution in [0.2, 0.25) is 5.02 Å². The van der Waals surface area contributed by atoms with Crippen molar-refractivity contribution in [2.45, 2.75) is 26.8 Å². The van der Waals surface area contributed by atoms with E-state index in [1.165, 1.54) is 6.33 Å². The van der Waals surface area contributed by atoms with Gasteiger partial charge in [0.1, 0.15) is 18.9 Å². The Balaban J connectivity index is 1.72. The molecule has 1 atom stereocenters. The van der Waals surface area contributed by atoms with Gasteiger partial charge in [0, 0.05) is 16.4 Å². The van der Waals surface area contributed by atoms with Crippen LogP contribution in [0.4, 0.5) is 11.6 Å². The van der Waals surface area contributed by atoms with Gasteiger partial charge in [-0.2, -0.15) is 10.1 Å². The number of benzene rings is 2. The van der Waals surface area contributed by atoms with Crippen molar-refractivity contribution in [2.75, 3.05) is 23.4 Å². The number of ether oxygens (including phenoxy) is 1. The van der Waals surface area contributed by atoms with Crippen molar-refractivity contribution >= 4 is 35.1 Å². The molecule has 0 unspecified atom stereocenters. The largest absolute Gasteiger partial charge is 0.463 e. The van der Waals surface area contributed by atoms with Crippen LogP contribution < -0.4 is 10.2 Å². The summed E-state index contributed by atoms with van der Waals surface area (Å²) in [5.74, 6) is -0.274. The highest BCUT2D eigenvalue weighted by atomic mass is 35.5. The van der Waals surface area contributed by atoms with Gasteiger partial charge in [-0.25, -0.2) is 9.48 Å². The Labute approximate surface area is 196 Å². The number of nitrogens with one attached hydrogen (secondary N) is 1. The summed E-state index contributed by atoms with van der Waals surface area (Å²) in [5.41, 5.74) is 3.26. The molecular formula is C24H24ClN5O3. The molecule has 4 rings (SSSR count). The number of halogens is 1. The number of carbonyl (C=O) groups excluding carboxylic acids is 2.